The molecule has 6 nitrogen and oxygen atoms in total. The van der Waals surface area contributed by atoms with Crippen molar-refractivity contribution in [2.45, 2.75) is 26.3 Å². The lowest BCUT2D eigenvalue weighted by Gasteiger charge is -2.07. The van der Waals surface area contributed by atoms with Crippen LogP contribution < -0.4 is 5.73 Å². The quantitative estimate of drug-likeness (QED) is 0.573. The summed E-state index contributed by atoms with van der Waals surface area (Å²) in [5.41, 5.74) is 6.49. The van der Waals surface area contributed by atoms with E-state index in [1.54, 1.807) is 0 Å². The maximum Gasteiger partial charge on any atom is 0.326 e. The van der Waals surface area contributed by atoms with Crippen LogP contribution in [-0.2, 0) is 16.1 Å². The van der Waals surface area contributed by atoms with Gasteiger partial charge in [0.05, 0.1) is 17.5 Å². The molecule has 0 aliphatic carbocycles. The standard InChI is InChI=1S/C16H16F2N4O2/c1-2-3-4-24-13(23)7-22-12-6-11(18)10(17)5-9(12)14-15(19)20-8-21-16(14)22/h5-6,8H,2-4,7H2,1H3,(H2,19,20,21). The zero-order chi connectivity index (χ0) is 17.3. The van der Waals surface area contributed by atoms with Crippen molar-refractivity contribution in [3.63, 3.8) is 0 Å². The number of nitrogens with zero attached hydrogens (tertiary/aromatic N) is 3. The van der Waals surface area contributed by atoms with Crippen LogP contribution in [-0.4, -0.2) is 27.1 Å². The Labute approximate surface area is 136 Å². The van der Waals surface area contributed by atoms with E-state index in [4.69, 9.17) is 10.5 Å². The van der Waals surface area contributed by atoms with E-state index >= 15 is 0 Å². The normalized spacial score (nSPS) is 11.3. The predicted octanol–water partition coefficient (Wildman–Crippen LogP) is 2.79. The Kier molecular flexibility index (Phi) is 4.28. The molecule has 2 aromatic heterocycles. The summed E-state index contributed by atoms with van der Waals surface area (Å²) >= 11 is 0. The number of aromatic nitrogens is 3. The van der Waals surface area contributed by atoms with E-state index in [2.05, 4.69) is 9.97 Å². The molecule has 8 heteroatoms. The molecule has 24 heavy (non-hydrogen) atoms. The molecule has 0 spiro atoms. The van der Waals surface area contributed by atoms with Crippen molar-refractivity contribution in [3.05, 3.63) is 30.1 Å². The molecule has 2 N–H and O–H groups in total. The minimum absolute atomic E-state index is 0.133. The van der Waals surface area contributed by atoms with Gasteiger partial charge in [0.1, 0.15) is 24.3 Å². The second kappa shape index (κ2) is 6.38. The van der Waals surface area contributed by atoms with Crippen molar-refractivity contribution in [2.75, 3.05) is 12.3 Å². The van der Waals surface area contributed by atoms with Gasteiger partial charge in [0.25, 0.3) is 0 Å². The van der Waals surface area contributed by atoms with E-state index in [9.17, 15) is 13.6 Å². The van der Waals surface area contributed by atoms with Crippen LogP contribution in [0, 0.1) is 11.6 Å². The fourth-order valence-corrected chi connectivity index (χ4v) is 2.59. The van der Waals surface area contributed by atoms with E-state index in [-0.39, 0.29) is 12.4 Å². The first kappa shape index (κ1) is 16.1. The Bertz CT molecular complexity index is 923. The van der Waals surface area contributed by atoms with Gasteiger partial charge < -0.3 is 15.0 Å². The van der Waals surface area contributed by atoms with Crippen LogP contribution in [0.1, 0.15) is 19.8 Å². The van der Waals surface area contributed by atoms with Crippen molar-refractivity contribution >= 4 is 33.7 Å². The smallest absolute Gasteiger partial charge is 0.326 e. The van der Waals surface area contributed by atoms with Gasteiger partial charge >= 0.3 is 5.97 Å². The number of esters is 1. The number of hydrogen-bond acceptors (Lipinski definition) is 5. The van der Waals surface area contributed by atoms with Crippen molar-refractivity contribution in [3.8, 4) is 0 Å². The molecule has 0 fully saturated rings. The maximum absolute atomic E-state index is 13.7. The number of rotatable bonds is 5. The molecule has 0 radical (unpaired) electrons. The van der Waals surface area contributed by atoms with E-state index in [0.29, 0.717) is 28.5 Å². The molecule has 0 unspecified atom stereocenters. The second-order valence-electron chi connectivity index (χ2n) is 5.40. The fourth-order valence-electron chi connectivity index (χ4n) is 2.59. The summed E-state index contributed by atoms with van der Waals surface area (Å²) in [6.45, 7) is 2.12. The summed E-state index contributed by atoms with van der Waals surface area (Å²) < 4.78 is 33.9. The van der Waals surface area contributed by atoms with Gasteiger partial charge in [-0.15, -0.1) is 0 Å². The molecule has 0 amide bonds. The third kappa shape index (κ3) is 2.75. The molecule has 3 aromatic rings. The van der Waals surface area contributed by atoms with E-state index in [1.165, 1.54) is 10.9 Å². The van der Waals surface area contributed by atoms with Crippen LogP contribution >= 0.6 is 0 Å². The van der Waals surface area contributed by atoms with Gasteiger partial charge in [0, 0.05) is 11.5 Å². The number of fused-ring (bicyclic) bond motifs is 3. The molecule has 2 heterocycles. The Morgan fingerprint density at radius 2 is 2.04 bits per heavy atom. The van der Waals surface area contributed by atoms with Crippen molar-refractivity contribution in [2.24, 2.45) is 0 Å². The first-order valence-corrected chi connectivity index (χ1v) is 7.56. The fraction of sp³-hybridized carbons (Fsp3) is 0.312. The molecular formula is C16H16F2N4O2. The molecule has 0 saturated carbocycles. The number of anilines is 1. The van der Waals surface area contributed by atoms with Gasteiger partial charge in [-0.05, 0) is 12.5 Å². The maximum atomic E-state index is 13.7. The molecule has 1 aromatic carbocycles. The Morgan fingerprint density at radius 3 is 2.79 bits per heavy atom. The van der Waals surface area contributed by atoms with Gasteiger partial charge in [0.15, 0.2) is 11.6 Å². The summed E-state index contributed by atoms with van der Waals surface area (Å²) in [5, 5.41) is 0.733. The van der Waals surface area contributed by atoms with Crippen LogP contribution in [0.4, 0.5) is 14.6 Å². The van der Waals surface area contributed by atoms with Crippen molar-refractivity contribution in [1.29, 1.82) is 0 Å². The Balaban J connectivity index is 2.12. The number of unbranched alkanes of at least 4 members (excludes halogenated alkanes) is 1. The van der Waals surface area contributed by atoms with Gasteiger partial charge in [-0.1, -0.05) is 13.3 Å². The Morgan fingerprint density at radius 1 is 1.29 bits per heavy atom. The highest BCUT2D eigenvalue weighted by atomic mass is 19.2. The minimum atomic E-state index is -1.02. The first-order chi connectivity index (χ1) is 11.5. The molecule has 0 bridgehead atoms. The first-order valence-electron chi connectivity index (χ1n) is 7.56. The van der Waals surface area contributed by atoms with Crippen LogP contribution in [0.3, 0.4) is 0 Å². The number of halogens is 2. The van der Waals surface area contributed by atoms with Gasteiger partial charge in [0.2, 0.25) is 0 Å². The predicted molar refractivity (Wildman–Crippen MR) is 85.2 cm³/mol. The molecule has 0 aliphatic rings. The summed E-state index contributed by atoms with van der Waals surface area (Å²) in [4.78, 5) is 20.0. The highest BCUT2D eigenvalue weighted by Crippen LogP contribution is 2.32. The zero-order valence-electron chi connectivity index (χ0n) is 13.1. The van der Waals surface area contributed by atoms with Gasteiger partial charge in [-0.25, -0.2) is 18.7 Å². The lowest BCUT2D eigenvalue weighted by molar-refractivity contribution is -0.144. The lowest BCUT2D eigenvalue weighted by Crippen LogP contribution is -2.14. The number of nitrogens with two attached hydrogens (primary N) is 1. The minimum Gasteiger partial charge on any atom is -0.464 e. The van der Waals surface area contributed by atoms with Crippen molar-refractivity contribution < 1.29 is 18.3 Å². The number of hydrogen-bond donors (Lipinski definition) is 1. The molecule has 0 aliphatic heterocycles. The second-order valence-corrected chi connectivity index (χ2v) is 5.40. The number of carbonyl (C=O) groups excluding carboxylic acids is 1. The number of benzene rings is 1. The lowest BCUT2D eigenvalue weighted by atomic mass is 10.2. The highest BCUT2D eigenvalue weighted by Gasteiger charge is 2.19. The average molecular weight is 334 g/mol. The topological polar surface area (TPSA) is 83.0 Å². The summed E-state index contributed by atoms with van der Waals surface area (Å²) in [5.74, 6) is -2.37. The molecule has 0 saturated heterocycles. The largest absolute Gasteiger partial charge is 0.464 e. The van der Waals surface area contributed by atoms with E-state index in [1.807, 2.05) is 6.92 Å². The van der Waals surface area contributed by atoms with Gasteiger partial charge in [-0.2, -0.15) is 0 Å². The van der Waals surface area contributed by atoms with Crippen molar-refractivity contribution in [1.82, 2.24) is 14.5 Å². The molecule has 126 valence electrons. The highest BCUT2D eigenvalue weighted by molar-refractivity contribution is 6.11. The van der Waals surface area contributed by atoms with Crippen LogP contribution in [0.15, 0.2) is 18.5 Å². The monoisotopic (exact) mass is 334 g/mol. The number of carbonyl (C=O) groups is 1. The van der Waals surface area contributed by atoms with Crippen LogP contribution in [0.25, 0.3) is 21.9 Å². The number of nitrogen functional groups attached to an aromatic ring is 1. The van der Waals surface area contributed by atoms with Crippen LogP contribution in [0.2, 0.25) is 0 Å². The summed E-state index contributed by atoms with van der Waals surface area (Å²) in [7, 11) is 0. The number of ether oxygens (including phenoxy) is 1. The summed E-state index contributed by atoms with van der Waals surface area (Å²) in [6, 6.07) is 2.05. The average Bonchev–Trinajstić information content (AvgIpc) is 2.83. The summed E-state index contributed by atoms with van der Waals surface area (Å²) in [6.07, 6.45) is 2.90. The molecule has 3 rings (SSSR count). The van der Waals surface area contributed by atoms with Gasteiger partial charge in [-0.3, -0.25) is 4.79 Å². The SMILES string of the molecule is CCCCOC(=O)Cn1c2cc(F)c(F)cc2c2c(N)ncnc21. The zero-order valence-corrected chi connectivity index (χ0v) is 13.1. The third-order valence-electron chi connectivity index (χ3n) is 3.76. The van der Waals surface area contributed by atoms with E-state index in [0.717, 1.165) is 25.0 Å². The molecule has 0 atom stereocenters. The van der Waals surface area contributed by atoms with E-state index < -0.39 is 17.6 Å². The van der Waals surface area contributed by atoms with Crippen LogP contribution in [0.5, 0.6) is 0 Å². The molecular weight excluding hydrogens is 318 g/mol. The Hall–Kier alpha value is -2.77. The third-order valence-corrected chi connectivity index (χ3v) is 3.76.